The Labute approximate surface area is 145 Å². The third-order valence-electron chi connectivity index (χ3n) is 3.75. The molecule has 1 atom stereocenters. The number of carbonyl (C=O) groups excluding carboxylic acids is 2. The Morgan fingerprint density at radius 2 is 1.72 bits per heavy atom. The first kappa shape index (κ1) is 16.8. The Morgan fingerprint density at radius 1 is 1.04 bits per heavy atom. The number of carbonyl (C=O) groups is 2. The lowest BCUT2D eigenvalue weighted by Gasteiger charge is -2.14. The van der Waals surface area contributed by atoms with Crippen LogP contribution in [0.4, 0.5) is 5.69 Å². The number of benzene rings is 2. The quantitative estimate of drug-likeness (QED) is 0.865. The van der Waals surface area contributed by atoms with Gasteiger partial charge in [-0.05, 0) is 45.0 Å². The Morgan fingerprint density at radius 3 is 2.44 bits per heavy atom. The van der Waals surface area contributed by atoms with Gasteiger partial charge >= 0.3 is 5.97 Å². The maximum Gasteiger partial charge on any atom is 0.338 e. The maximum absolute atomic E-state index is 12.3. The van der Waals surface area contributed by atoms with Gasteiger partial charge in [0, 0.05) is 11.8 Å². The molecule has 0 saturated heterocycles. The second-order valence-corrected chi connectivity index (χ2v) is 5.98. The molecule has 1 N–H and O–H groups in total. The lowest BCUT2D eigenvalue weighted by molar-refractivity contribution is -0.123. The number of hydrogen-bond donors (Lipinski definition) is 1. The molecule has 0 aliphatic carbocycles. The maximum atomic E-state index is 12.3. The van der Waals surface area contributed by atoms with Gasteiger partial charge in [0.25, 0.3) is 5.91 Å². The summed E-state index contributed by atoms with van der Waals surface area (Å²) in [5.74, 6) is 0.252. The first-order chi connectivity index (χ1) is 11.9. The molecule has 25 heavy (non-hydrogen) atoms. The average molecular weight is 341 g/mol. The summed E-state index contributed by atoms with van der Waals surface area (Å²) in [6, 6.07) is 10.5. The normalized spacial score (nSPS) is 13.2. The van der Waals surface area contributed by atoms with Crippen molar-refractivity contribution in [1.82, 2.24) is 0 Å². The van der Waals surface area contributed by atoms with Crippen LogP contribution < -0.4 is 14.8 Å². The van der Waals surface area contributed by atoms with Crippen molar-refractivity contribution in [3.8, 4) is 11.5 Å². The van der Waals surface area contributed by atoms with Crippen molar-refractivity contribution in [3.05, 3.63) is 53.1 Å². The SMILES string of the molecule is Cc1cc(C)cc(C(=O)O[C@@H](C)C(=O)Nc2ccc3c(c2)OCO3)c1. The second-order valence-electron chi connectivity index (χ2n) is 5.98. The Bertz CT molecular complexity index is 810. The Kier molecular flexibility index (Phi) is 4.61. The van der Waals surface area contributed by atoms with Crippen molar-refractivity contribution in [2.45, 2.75) is 26.9 Å². The average Bonchev–Trinajstić information content (AvgIpc) is 3.01. The molecule has 0 aromatic heterocycles. The van der Waals surface area contributed by atoms with Gasteiger partial charge in [0.15, 0.2) is 17.6 Å². The van der Waals surface area contributed by atoms with Gasteiger partial charge in [0.05, 0.1) is 5.56 Å². The molecule has 1 amide bonds. The van der Waals surface area contributed by atoms with Gasteiger partial charge in [-0.15, -0.1) is 0 Å². The van der Waals surface area contributed by atoms with E-state index < -0.39 is 18.0 Å². The number of amides is 1. The third kappa shape index (κ3) is 3.91. The molecule has 1 aliphatic rings. The number of anilines is 1. The minimum atomic E-state index is -0.932. The van der Waals surface area contributed by atoms with Crippen LogP contribution in [0.2, 0.25) is 0 Å². The molecule has 6 nitrogen and oxygen atoms in total. The number of ether oxygens (including phenoxy) is 3. The predicted octanol–water partition coefficient (Wildman–Crippen LogP) is 3.22. The number of fused-ring (bicyclic) bond motifs is 1. The molecule has 3 rings (SSSR count). The van der Waals surface area contributed by atoms with Gasteiger partial charge in [-0.3, -0.25) is 4.79 Å². The monoisotopic (exact) mass is 341 g/mol. The van der Waals surface area contributed by atoms with E-state index in [1.165, 1.54) is 6.92 Å². The van der Waals surface area contributed by atoms with Crippen molar-refractivity contribution in [2.75, 3.05) is 12.1 Å². The van der Waals surface area contributed by atoms with Crippen molar-refractivity contribution in [3.63, 3.8) is 0 Å². The molecule has 130 valence electrons. The largest absolute Gasteiger partial charge is 0.454 e. The van der Waals surface area contributed by atoms with Crippen LogP contribution in [-0.2, 0) is 9.53 Å². The van der Waals surface area contributed by atoms with E-state index in [-0.39, 0.29) is 6.79 Å². The van der Waals surface area contributed by atoms with Crippen molar-refractivity contribution >= 4 is 17.6 Å². The standard InChI is InChI=1S/C19H19NO5/c1-11-6-12(2)8-14(7-11)19(22)25-13(3)18(21)20-15-4-5-16-17(9-15)24-10-23-16/h4-9,13H,10H2,1-3H3,(H,20,21)/t13-/m0/s1. The van der Waals surface area contributed by atoms with E-state index in [4.69, 9.17) is 14.2 Å². The molecule has 0 radical (unpaired) electrons. The van der Waals surface area contributed by atoms with Crippen LogP contribution in [0.15, 0.2) is 36.4 Å². The van der Waals surface area contributed by atoms with E-state index in [0.717, 1.165) is 11.1 Å². The van der Waals surface area contributed by atoms with Crippen LogP contribution in [0.5, 0.6) is 11.5 Å². The second kappa shape index (κ2) is 6.84. The Balaban J connectivity index is 1.63. The van der Waals surface area contributed by atoms with Crippen molar-refractivity contribution in [1.29, 1.82) is 0 Å². The van der Waals surface area contributed by atoms with Crippen LogP contribution in [0.3, 0.4) is 0 Å². The van der Waals surface area contributed by atoms with Gasteiger partial charge in [-0.25, -0.2) is 4.79 Å². The highest BCUT2D eigenvalue weighted by atomic mass is 16.7. The molecule has 1 heterocycles. The number of hydrogen-bond acceptors (Lipinski definition) is 5. The molecular formula is C19H19NO5. The predicted molar refractivity (Wildman–Crippen MR) is 92.0 cm³/mol. The van der Waals surface area contributed by atoms with Crippen LogP contribution in [0.1, 0.15) is 28.4 Å². The summed E-state index contributed by atoms with van der Waals surface area (Å²) in [6.45, 7) is 5.50. The minimum Gasteiger partial charge on any atom is -0.454 e. The van der Waals surface area contributed by atoms with Crippen LogP contribution in [0.25, 0.3) is 0 Å². The van der Waals surface area contributed by atoms with Gasteiger partial charge in [0.2, 0.25) is 6.79 Å². The van der Waals surface area contributed by atoms with Crippen molar-refractivity contribution in [2.24, 2.45) is 0 Å². The van der Waals surface area contributed by atoms with Crippen molar-refractivity contribution < 1.29 is 23.8 Å². The van der Waals surface area contributed by atoms with Gasteiger partial charge in [-0.1, -0.05) is 17.2 Å². The molecule has 1 aliphatic heterocycles. The topological polar surface area (TPSA) is 73.9 Å². The summed E-state index contributed by atoms with van der Waals surface area (Å²) in [7, 11) is 0. The molecular weight excluding hydrogens is 322 g/mol. The van der Waals surface area contributed by atoms with Gasteiger partial charge in [-0.2, -0.15) is 0 Å². The van der Waals surface area contributed by atoms with E-state index in [0.29, 0.717) is 22.7 Å². The summed E-state index contributed by atoms with van der Waals surface area (Å²) in [4.78, 5) is 24.5. The number of rotatable bonds is 4. The number of nitrogens with one attached hydrogen (secondary N) is 1. The van der Waals surface area contributed by atoms with Crippen LogP contribution >= 0.6 is 0 Å². The van der Waals surface area contributed by atoms with E-state index in [2.05, 4.69) is 5.32 Å². The highest BCUT2D eigenvalue weighted by Gasteiger charge is 2.20. The molecule has 0 bridgehead atoms. The summed E-state index contributed by atoms with van der Waals surface area (Å²) in [6.07, 6.45) is -0.932. The zero-order valence-electron chi connectivity index (χ0n) is 14.3. The first-order valence-electron chi connectivity index (χ1n) is 7.92. The van der Waals surface area contributed by atoms with E-state index in [1.54, 1.807) is 30.3 Å². The molecule has 0 unspecified atom stereocenters. The summed E-state index contributed by atoms with van der Waals surface area (Å²) in [5.41, 5.74) is 2.90. The van der Waals surface area contributed by atoms with Gasteiger partial charge in [0.1, 0.15) is 0 Å². The number of esters is 1. The van der Waals surface area contributed by atoms with Gasteiger partial charge < -0.3 is 19.5 Å². The highest BCUT2D eigenvalue weighted by Crippen LogP contribution is 2.34. The highest BCUT2D eigenvalue weighted by molar-refractivity contribution is 5.97. The van der Waals surface area contributed by atoms with E-state index in [1.807, 2.05) is 19.9 Å². The lowest BCUT2D eigenvalue weighted by atomic mass is 10.1. The fraction of sp³-hybridized carbons (Fsp3) is 0.263. The molecule has 2 aromatic rings. The summed E-state index contributed by atoms with van der Waals surface area (Å²) < 4.78 is 15.8. The van der Waals surface area contributed by atoms with Crippen LogP contribution in [0, 0.1) is 13.8 Å². The first-order valence-corrected chi connectivity index (χ1v) is 7.92. The third-order valence-corrected chi connectivity index (χ3v) is 3.75. The molecule has 0 spiro atoms. The zero-order chi connectivity index (χ0) is 18.0. The summed E-state index contributed by atoms with van der Waals surface area (Å²) >= 11 is 0. The fourth-order valence-corrected chi connectivity index (χ4v) is 2.59. The van der Waals surface area contributed by atoms with E-state index >= 15 is 0 Å². The smallest absolute Gasteiger partial charge is 0.338 e. The Hall–Kier alpha value is -3.02. The minimum absolute atomic E-state index is 0.163. The zero-order valence-corrected chi connectivity index (χ0v) is 14.3. The fourth-order valence-electron chi connectivity index (χ4n) is 2.59. The molecule has 2 aromatic carbocycles. The number of aryl methyl sites for hydroxylation is 2. The summed E-state index contributed by atoms with van der Waals surface area (Å²) in [5, 5.41) is 2.70. The van der Waals surface area contributed by atoms with E-state index in [9.17, 15) is 9.59 Å². The molecule has 0 fully saturated rings. The molecule has 0 saturated carbocycles. The van der Waals surface area contributed by atoms with Crippen LogP contribution in [-0.4, -0.2) is 24.8 Å². The lowest BCUT2D eigenvalue weighted by Crippen LogP contribution is -2.30. The molecule has 6 heteroatoms.